The van der Waals surface area contributed by atoms with Crippen LogP contribution in [-0.2, 0) is 22.6 Å². The maximum Gasteiger partial charge on any atom is 0.223 e. The molecule has 0 aromatic heterocycles. The lowest BCUT2D eigenvalue weighted by atomic mass is 9.88. The molecule has 0 aliphatic heterocycles. The molecule has 1 aromatic carbocycles. The van der Waals surface area contributed by atoms with Crippen molar-refractivity contribution in [3.8, 4) is 0 Å². The second-order valence-corrected chi connectivity index (χ2v) is 7.02. The molecule has 138 valence electrons. The molecule has 0 saturated heterocycles. The van der Waals surface area contributed by atoms with E-state index in [-0.39, 0.29) is 30.4 Å². The monoisotopic (exact) mass is 346 g/mol. The number of aliphatic hydroxyl groups is 1. The highest BCUT2D eigenvalue weighted by molar-refractivity contribution is 5.81. The zero-order valence-corrected chi connectivity index (χ0v) is 15.1. The zero-order valence-electron chi connectivity index (χ0n) is 15.1. The smallest absolute Gasteiger partial charge is 0.223 e. The lowest BCUT2D eigenvalue weighted by Crippen LogP contribution is -2.41. The van der Waals surface area contributed by atoms with Crippen LogP contribution in [0.1, 0.15) is 56.6 Å². The Kier molecular flexibility index (Phi) is 7.92. The van der Waals surface area contributed by atoms with Crippen molar-refractivity contribution < 1.29 is 14.7 Å². The van der Waals surface area contributed by atoms with Crippen LogP contribution in [0.2, 0.25) is 0 Å². The van der Waals surface area contributed by atoms with Crippen molar-refractivity contribution in [2.24, 2.45) is 5.92 Å². The first-order valence-corrected chi connectivity index (χ1v) is 9.34. The first-order chi connectivity index (χ1) is 12.1. The van der Waals surface area contributed by atoms with Crippen molar-refractivity contribution in [2.45, 2.75) is 64.5 Å². The van der Waals surface area contributed by atoms with Crippen molar-refractivity contribution in [2.75, 3.05) is 6.54 Å². The van der Waals surface area contributed by atoms with Crippen molar-refractivity contribution in [3.05, 3.63) is 35.4 Å². The van der Waals surface area contributed by atoms with Gasteiger partial charge in [0, 0.05) is 24.9 Å². The Morgan fingerprint density at radius 1 is 1.12 bits per heavy atom. The maximum absolute atomic E-state index is 12.2. The van der Waals surface area contributed by atoms with Gasteiger partial charge in [0.15, 0.2) is 0 Å². The van der Waals surface area contributed by atoms with Crippen molar-refractivity contribution >= 4 is 11.8 Å². The Balaban J connectivity index is 1.64. The molecule has 1 saturated carbocycles. The van der Waals surface area contributed by atoms with Gasteiger partial charge in [-0.1, -0.05) is 43.5 Å². The van der Waals surface area contributed by atoms with E-state index in [0.29, 0.717) is 13.0 Å². The van der Waals surface area contributed by atoms with Gasteiger partial charge in [0.2, 0.25) is 11.8 Å². The molecule has 1 unspecified atom stereocenters. The minimum absolute atomic E-state index is 0.0385. The molecule has 1 aromatic rings. The summed E-state index contributed by atoms with van der Waals surface area (Å²) in [6.45, 7) is 2.50. The minimum atomic E-state index is -0.140. The summed E-state index contributed by atoms with van der Waals surface area (Å²) in [5.41, 5.74) is 2.01. The molecular formula is C20H30N2O3. The summed E-state index contributed by atoms with van der Waals surface area (Å²) >= 11 is 0. The number of hydrogen-bond donors (Lipinski definition) is 3. The van der Waals surface area contributed by atoms with Gasteiger partial charge in [0.1, 0.15) is 0 Å². The molecule has 25 heavy (non-hydrogen) atoms. The largest absolute Gasteiger partial charge is 0.392 e. The molecule has 2 rings (SSSR count). The van der Waals surface area contributed by atoms with Gasteiger partial charge in [0.05, 0.1) is 6.61 Å². The number of hydrogen-bond acceptors (Lipinski definition) is 3. The van der Waals surface area contributed by atoms with E-state index >= 15 is 0 Å². The molecule has 2 amide bonds. The van der Waals surface area contributed by atoms with Crippen molar-refractivity contribution in [3.63, 3.8) is 0 Å². The van der Waals surface area contributed by atoms with Gasteiger partial charge in [0.25, 0.3) is 0 Å². The molecule has 1 aliphatic rings. The third-order valence-corrected chi connectivity index (χ3v) is 4.80. The molecule has 0 spiro atoms. The van der Waals surface area contributed by atoms with E-state index < -0.39 is 0 Å². The molecule has 0 bridgehead atoms. The lowest BCUT2D eigenvalue weighted by molar-refractivity contribution is -0.127. The van der Waals surface area contributed by atoms with E-state index in [0.717, 1.165) is 43.2 Å². The minimum Gasteiger partial charge on any atom is -0.392 e. The molecule has 5 nitrogen and oxygen atoms in total. The summed E-state index contributed by atoms with van der Waals surface area (Å²) in [5, 5.41) is 14.9. The molecule has 1 atom stereocenters. The van der Waals surface area contributed by atoms with Crippen LogP contribution in [0, 0.1) is 5.92 Å². The van der Waals surface area contributed by atoms with Gasteiger partial charge in [-0.2, -0.15) is 0 Å². The van der Waals surface area contributed by atoms with Gasteiger partial charge in [-0.3, -0.25) is 9.59 Å². The normalized spacial score (nSPS) is 16.2. The average Bonchev–Trinajstić information content (AvgIpc) is 2.63. The summed E-state index contributed by atoms with van der Waals surface area (Å²) in [5.74, 6) is 0.188. The third-order valence-electron chi connectivity index (χ3n) is 4.80. The molecule has 1 fully saturated rings. The predicted octanol–water partition coefficient (Wildman–Crippen LogP) is 2.31. The van der Waals surface area contributed by atoms with Crippen LogP contribution in [-0.4, -0.2) is 29.5 Å². The molecule has 0 radical (unpaired) electrons. The van der Waals surface area contributed by atoms with Gasteiger partial charge in [-0.05, 0) is 37.3 Å². The average molecular weight is 346 g/mol. The van der Waals surface area contributed by atoms with Crippen LogP contribution in [0.25, 0.3) is 0 Å². The summed E-state index contributed by atoms with van der Waals surface area (Å²) in [6.07, 6.45) is 6.49. The second kappa shape index (κ2) is 10.2. The molecular weight excluding hydrogens is 316 g/mol. The predicted molar refractivity (Wildman–Crippen MR) is 97.9 cm³/mol. The van der Waals surface area contributed by atoms with Crippen LogP contribution in [0.15, 0.2) is 24.3 Å². The molecule has 5 heteroatoms. The van der Waals surface area contributed by atoms with Gasteiger partial charge in [-0.25, -0.2) is 0 Å². The number of nitrogens with one attached hydrogen (secondary N) is 2. The Hall–Kier alpha value is -1.88. The van der Waals surface area contributed by atoms with Crippen molar-refractivity contribution in [1.82, 2.24) is 10.6 Å². The number of amides is 2. The Labute approximate surface area is 150 Å². The summed E-state index contributed by atoms with van der Waals surface area (Å²) in [4.78, 5) is 24.2. The fourth-order valence-corrected chi connectivity index (χ4v) is 3.28. The number of benzene rings is 1. The topological polar surface area (TPSA) is 78.4 Å². The van der Waals surface area contributed by atoms with Crippen LogP contribution >= 0.6 is 0 Å². The summed E-state index contributed by atoms with van der Waals surface area (Å²) in [6, 6.07) is 7.56. The fourth-order valence-electron chi connectivity index (χ4n) is 3.28. The molecule has 0 heterocycles. The summed E-state index contributed by atoms with van der Waals surface area (Å²) in [7, 11) is 0. The number of aliphatic hydroxyl groups excluding tert-OH is 1. The van der Waals surface area contributed by atoms with E-state index in [9.17, 15) is 9.59 Å². The molecule has 3 N–H and O–H groups in total. The third kappa shape index (κ3) is 6.86. The maximum atomic E-state index is 12.2. The SMILES string of the molecule is CC(CC(=O)NCCc1ccc(CO)cc1)NC(=O)C1CCCCC1. The van der Waals surface area contributed by atoms with Crippen LogP contribution in [0.4, 0.5) is 0 Å². The van der Waals surface area contributed by atoms with Crippen LogP contribution in [0.3, 0.4) is 0 Å². The van der Waals surface area contributed by atoms with Gasteiger partial charge in [-0.15, -0.1) is 0 Å². The van der Waals surface area contributed by atoms with E-state index in [4.69, 9.17) is 5.11 Å². The molecule has 1 aliphatic carbocycles. The quantitative estimate of drug-likeness (QED) is 0.676. The van der Waals surface area contributed by atoms with Crippen molar-refractivity contribution in [1.29, 1.82) is 0 Å². The van der Waals surface area contributed by atoms with E-state index in [2.05, 4.69) is 10.6 Å². The van der Waals surface area contributed by atoms with E-state index in [1.165, 1.54) is 6.42 Å². The fraction of sp³-hybridized carbons (Fsp3) is 0.600. The number of carbonyl (C=O) groups excluding carboxylic acids is 2. The van der Waals surface area contributed by atoms with Gasteiger partial charge < -0.3 is 15.7 Å². The number of carbonyl (C=O) groups is 2. The Morgan fingerprint density at radius 2 is 1.76 bits per heavy atom. The summed E-state index contributed by atoms with van der Waals surface area (Å²) < 4.78 is 0. The lowest BCUT2D eigenvalue weighted by Gasteiger charge is -2.23. The standard InChI is InChI=1S/C20H30N2O3/c1-15(22-20(25)18-5-3-2-4-6-18)13-19(24)21-12-11-16-7-9-17(14-23)10-8-16/h7-10,15,18,23H,2-6,11-14H2,1H3,(H,21,24)(H,22,25). The zero-order chi connectivity index (χ0) is 18.1. The highest BCUT2D eigenvalue weighted by Gasteiger charge is 2.22. The highest BCUT2D eigenvalue weighted by atomic mass is 16.3. The van der Waals surface area contributed by atoms with Crippen LogP contribution < -0.4 is 10.6 Å². The van der Waals surface area contributed by atoms with Gasteiger partial charge >= 0.3 is 0 Å². The first-order valence-electron chi connectivity index (χ1n) is 9.34. The second-order valence-electron chi connectivity index (χ2n) is 7.02. The Bertz CT molecular complexity index is 551. The first kappa shape index (κ1) is 19.4. The number of rotatable bonds is 8. The highest BCUT2D eigenvalue weighted by Crippen LogP contribution is 2.23. The van der Waals surface area contributed by atoms with E-state index in [1.54, 1.807) is 0 Å². The van der Waals surface area contributed by atoms with Crippen LogP contribution in [0.5, 0.6) is 0 Å². The Morgan fingerprint density at radius 3 is 2.40 bits per heavy atom. The van der Waals surface area contributed by atoms with E-state index in [1.807, 2.05) is 31.2 Å².